The number of hydrogen-bond acceptors (Lipinski definition) is 6. The predicted octanol–water partition coefficient (Wildman–Crippen LogP) is 0.882. The number of aromatic nitrogens is 3. The number of fused-ring (bicyclic) bond motifs is 1. The zero-order valence-corrected chi connectivity index (χ0v) is 13.3. The molecule has 0 aromatic carbocycles. The van der Waals surface area contributed by atoms with Crippen LogP contribution < -0.4 is 11.3 Å². The fourth-order valence-electron chi connectivity index (χ4n) is 2.99. The quantitative estimate of drug-likeness (QED) is 0.911. The van der Waals surface area contributed by atoms with Crippen LogP contribution in [0.1, 0.15) is 31.0 Å². The number of likely N-dealkylation sites (tertiary alicyclic amines) is 1. The minimum Gasteiger partial charge on any atom is -0.327 e. The van der Waals surface area contributed by atoms with E-state index in [9.17, 15) is 4.79 Å². The van der Waals surface area contributed by atoms with E-state index in [2.05, 4.69) is 21.9 Å². The largest absolute Gasteiger partial charge is 0.327 e. The highest BCUT2D eigenvalue weighted by molar-refractivity contribution is 7.16. The molecular formula is C14H21N5OS. The van der Waals surface area contributed by atoms with Gasteiger partial charge in [-0.2, -0.15) is 9.61 Å². The molecule has 1 aliphatic heterocycles. The van der Waals surface area contributed by atoms with Gasteiger partial charge in [0.05, 0.1) is 5.69 Å². The summed E-state index contributed by atoms with van der Waals surface area (Å²) in [4.78, 5) is 19.7. The maximum Gasteiger partial charge on any atom is 0.275 e. The van der Waals surface area contributed by atoms with Gasteiger partial charge in [0, 0.05) is 31.7 Å². The van der Waals surface area contributed by atoms with Crippen molar-refractivity contribution < 1.29 is 0 Å². The van der Waals surface area contributed by atoms with Crippen molar-refractivity contribution >= 4 is 16.3 Å². The molecule has 1 fully saturated rings. The van der Waals surface area contributed by atoms with E-state index in [4.69, 9.17) is 5.73 Å². The lowest BCUT2D eigenvalue weighted by molar-refractivity contribution is 0.157. The van der Waals surface area contributed by atoms with Crippen LogP contribution in [0.3, 0.4) is 0 Å². The zero-order chi connectivity index (χ0) is 15.0. The molecule has 2 aromatic rings. The second-order valence-corrected chi connectivity index (χ2v) is 6.97. The van der Waals surface area contributed by atoms with Crippen LogP contribution >= 0.6 is 11.3 Å². The lowest BCUT2D eigenvalue weighted by Gasteiger charge is -2.34. The smallest absolute Gasteiger partial charge is 0.275 e. The zero-order valence-electron chi connectivity index (χ0n) is 12.5. The van der Waals surface area contributed by atoms with Crippen molar-refractivity contribution in [2.45, 2.75) is 39.3 Å². The van der Waals surface area contributed by atoms with Gasteiger partial charge in [-0.1, -0.05) is 25.2 Å². The van der Waals surface area contributed by atoms with Crippen LogP contribution in [0.2, 0.25) is 0 Å². The minimum atomic E-state index is -0.0969. The summed E-state index contributed by atoms with van der Waals surface area (Å²) >= 11 is 1.49. The van der Waals surface area contributed by atoms with Gasteiger partial charge in [-0.25, -0.2) is 4.98 Å². The van der Waals surface area contributed by atoms with Crippen LogP contribution in [0, 0.1) is 5.92 Å². The predicted molar refractivity (Wildman–Crippen MR) is 83.5 cm³/mol. The summed E-state index contributed by atoms with van der Waals surface area (Å²) in [6.07, 6.45) is 1.89. The molecule has 2 aromatic heterocycles. The lowest BCUT2D eigenvalue weighted by Crippen LogP contribution is -2.46. The summed E-state index contributed by atoms with van der Waals surface area (Å²) in [5, 5.41) is 5.20. The molecule has 0 bridgehead atoms. The third-order valence-electron chi connectivity index (χ3n) is 3.80. The Hall–Kier alpha value is -1.31. The van der Waals surface area contributed by atoms with Crippen molar-refractivity contribution in [2.24, 2.45) is 11.7 Å². The molecule has 114 valence electrons. The maximum atomic E-state index is 12.1. The fourth-order valence-corrected chi connectivity index (χ4v) is 3.85. The van der Waals surface area contributed by atoms with Crippen molar-refractivity contribution in [1.29, 1.82) is 0 Å². The molecule has 3 rings (SSSR count). The fraction of sp³-hybridized carbons (Fsp3) is 0.643. The van der Waals surface area contributed by atoms with Crippen LogP contribution in [0.4, 0.5) is 0 Å². The van der Waals surface area contributed by atoms with Crippen LogP contribution in [0.25, 0.3) is 4.96 Å². The average Bonchev–Trinajstić information content (AvgIpc) is 2.81. The molecule has 0 saturated carbocycles. The van der Waals surface area contributed by atoms with E-state index in [1.54, 1.807) is 6.07 Å². The van der Waals surface area contributed by atoms with E-state index >= 15 is 0 Å². The molecule has 1 saturated heterocycles. The summed E-state index contributed by atoms with van der Waals surface area (Å²) < 4.78 is 1.40. The monoisotopic (exact) mass is 307 g/mol. The van der Waals surface area contributed by atoms with Crippen molar-refractivity contribution in [2.75, 3.05) is 13.1 Å². The SMILES string of the molecule is CCc1nn2c(=O)cc(CN3CC(C)CC(N)C3)nc2s1. The van der Waals surface area contributed by atoms with Crippen LogP contribution in [-0.4, -0.2) is 38.6 Å². The molecule has 6 nitrogen and oxygen atoms in total. The van der Waals surface area contributed by atoms with Gasteiger partial charge in [-0.3, -0.25) is 9.69 Å². The Labute approximate surface area is 127 Å². The normalized spacial score (nSPS) is 23.8. The Morgan fingerprint density at radius 2 is 2.29 bits per heavy atom. The van der Waals surface area contributed by atoms with Crippen molar-refractivity contribution in [3.8, 4) is 0 Å². The number of nitrogens with zero attached hydrogens (tertiary/aromatic N) is 4. The first kappa shape index (κ1) is 14.6. The average molecular weight is 307 g/mol. The number of aryl methyl sites for hydroxylation is 1. The van der Waals surface area contributed by atoms with Gasteiger partial charge >= 0.3 is 0 Å². The standard InChI is InChI=1S/C14H21N5OS/c1-3-12-17-19-13(20)5-11(16-14(19)21-12)8-18-6-9(2)4-10(15)7-18/h5,9-10H,3-4,6-8,15H2,1-2H3. The summed E-state index contributed by atoms with van der Waals surface area (Å²) in [5.74, 6) is 0.591. The molecule has 3 heterocycles. The Morgan fingerprint density at radius 1 is 1.48 bits per heavy atom. The first-order chi connectivity index (χ1) is 10.0. The second-order valence-electron chi connectivity index (χ2n) is 5.92. The molecule has 2 atom stereocenters. The van der Waals surface area contributed by atoms with Crippen molar-refractivity contribution in [3.05, 3.63) is 27.1 Å². The minimum absolute atomic E-state index is 0.0969. The van der Waals surface area contributed by atoms with E-state index in [0.29, 0.717) is 17.4 Å². The first-order valence-corrected chi connectivity index (χ1v) is 8.23. The lowest BCUT2D eigenvalue weighted by atomic mass is 9.96. The molecule has 1 aliphatic rings. The van der Waals surface area contributed by atoms with E-state index in [0.717, 1.165) is 36.6 Å². The summed E-state index contributed by atoms with van der Waals surface area (Å²) in [7, 11) is 0. The summed E-state index contributed by atoms with van der Waals surface area (Å²) in [5.41, 5.74) is 6.79. The molecule has 7 heteroatoms. The first-order valence-electron chi connectivity index (χ1n) is 7.41. The molecule has 0 amide bonds. The number of hydrogen-bond donors (Lipinski definition) is 1. The van der Waals surface area contributed by atoms with Crippen LogP contribution in [-0.2, 0) is 13.0 Å². The highest BCUT2D eigenvalue weighted by Crippen LogP contribution is 2.17. The molecular weight excluding hydrogens is 286 g/mol. The number of rotatable bonds is 3. The number of piperidine rings is 1. The molecule has 0 spiro atoms. The van der Waals surface area contributed by atoms with Gasteiger partial charge in [0.1, 0.15) is 5.01 Å². The number of nitrogens with two attached hydrogens (primary N) is 1. The van der Waals surface area contributed by atoms with Gasteiger partial charge < -0.3 is 5.73 Å². The summed E-state index contributed by atoms with van der Waals surface area (Å²) in [6.45, 7) is 6.81. The van der Waals surface area contributed by atoms with Gasteiger partial charge in [-0.15, -0.1) is 0 Å². The Bertz CT molecular complexity index is 684. The van der Waals surface area contributed by atoms with Gasteiger partial charge in [-0.05, 0) is 18.8 Å². The van der Waals surface area contributed by atoms with Crippen LogP contribution in [0.15, 0.2) is 10.9 Å². The van der Waals surface area contributed by atoms with E-state index in [1.165, 1.54) is 15.9 Å². The topological polar surface area (TPSA) is 76.5 Å². The molecule has 0 aliphatic carbocycles. The Kier molecular flexibility index (Phi) is 4.05. The van der Waals surface area contributed by atoms with Crippen LogP contribution in [0.5, 0.6) is 0 Å². The molecule has 0 radical (unpaired) electrons. The van der Waals surface area contributed by atoms with Gasteiger partial charge in [0.2, 0.25) is 4.96 Å². The second kappa shape index (κ2) is 5.82. The molecule has 2 unspecified atom stereocenters. The van der Waals surface area contributed by atoms with E-state index in [-0.39, 0.29) is 11.6 Å². The highest BCUT2D eigenvalue weighted by Gasteiger charge is 2.22. The van der Waals surface area contributed by atoms with Crippen molar-refractivity contribution in [3.63, 3.8) is 0 Å². The van der Waals surface area contributed by atoms with Gasteiger partial charge in [0.25, 0.3) is 5.56 Å². The highest BCUT2D eigenvalue weighted by atomic mass is 32.1. The van der Waals surface area contributed by atoms with E-state index in [1.807, 2.05) is 6.92 Å². The third kappa shape index (κ3) is 3.14. The molecule has 21 heavy (non-hydrogen) atoms. The van der Waals surface area contributed by atoms with Crippen molar-refractivity contribution in [1.82, 2.24) is 19.5 Å². The van der Waals surface area contributed by atoms with Gasteiger partial charge in [0.15, 0.2) is 0 Å². The Balaban J connectivity index is 1.85. The van der Waals surface area contributed by atoms with E-state index < -0.39 is 0 Å². The Morgan fingerprint density at radius 3 is 3.00 bits per heavy atom. The third-order valence-corrected chi connectivity index (χ3v) is 4.85. The molecule has 2 N–H and O–H groups in total. The maximum absolute atomic E-state index is 12.1. The summed E-state index contributed by atoms with van der Waals surface area (Å²) in [6, 6.07) is 1.81.